The van der Waals surface area contributed by atoms with Crippen LogP contribution in [0.2, 0.25) is 0 Å². The summed E-state index contributed by atoms with van der Waals surface area (Å²) in [5, 5.41) is 10.4. The highest BCUT2D eigenvalue weighted by Gasteiger charge is 2.36. The number of rotatable bonds is 3. The van der Waals surface area contributed by atoms with Gasteiger partial charge < -0.3 is 10.4 Å². The summed E-state index contributed by atoms with van der Waals surface area (Å²) in [5.74, 6) is -0.386. The Morgan fingerprint density at radius 3 is 2.71 bits per heavy atom. The van der Waals surface area contributed by atoms with Crippen molar-refractivity contribution < 1.29 is 18.3 Å². The first-order chi connectivity index (χ1) is 6.43. The van der Waals surface area contributed by atoms with Crippen LogP contribution in [0.1, 0.15) is 19.8 Å². The molecular formula is C8H15NO4S. The molecule has 1 heterocycles. The second kappa shape index (κ2) is 4.27. The summed E-state index contributed by atoms with van der Waals surface area (Å²) in [4.78, 5) is 11.4. The van der Waals surface area contributed by atoms with Crippen molar-refractivity contribution in [3.63, 3.8) is 0 Å². The lowest BCUT2D eigenvalue weighted by Gasteiger charge is -2.11. The molecule has 0 radical (unpaired) electrons. The largest absolute Gasteiger partial charge is 0.392 e. The first kappa shape index (κ1) is 11.5. The lowest BCUT2D eigenvalue weighted by molar-refractivity contribution is -0.121. The minimum absolute atomic E-state index is 0.0970. The number of aliphatic hydroxyl groups excluding tert-OH is 1. The average molecular weight is 221 g/mol. The Kier molecular flexibility index (Phi) is 3.49. The van der Waals surface area contributed by atoms with Crippen LogP contribution in [0.25, 0.3) is 0 Å². The molecule has 1 aliphatic rings. The average Bonchev–Trinajstić information content (AvgIpc) is 2.41. The highest BCUT2D eigenvalue weighted by atomic mass is 32.2. The molecule has 0 bridgehead atoms. The van der Waals surface area contributed by atoms with Crippen molar-refractivity contribution in [1.82, 2.24) is 5.32 Å². The Hall–Kier alpha value is -0.620. The fourth-order valence-electron chi connectivity index (χ4n) is 1.45. The maximum absolute atomic E-state index is 11.4. The fraction of sp³-hybridized carbons (Fsp3) is 0.875. The molecule has 1 amide bonds. The van der Waals surface area contributed by atoms with Gasteiger partial charge in [0.15, 0.2) is 9.84 Å². The van der Waals surface area contributed by atoms with Crippen LogP contribution in [-0.2, 0) is 14.6 Å². The van der Waals surface area contributed by atoms with Gasteiger partial charge in [0.1, 0.15) is 5.25 Å². The van der Waals surface area contributed by atoms with Crippen molar-refractivity contribution >= 4 is 15.7 Å². The number of hydrogen-bond acceptors (Lipinski definition) is 4. The number of aliphatic hydroxyl groups is 1. The predicted molar refractivity (Wildman–Crippen MR) is 51.5 cm³/mol. The molecule has 1 aliphatic heterocycles. The zero-order chi connectivity index (χ0) is 10.8. The quantitative estimate of drug-likeness (QED) is 0.644. The Labute approximate surface area is 83.4 Å². The van der Waals surface area contributed by atoms with Gasteiger partial charge in [-0.15, -0.1) is 0 Å². The smallest absolute Gasteiger partial charge is 0.238 e. The number of hydrogen-bond donors (Lipinski definition) is 2. The van der Waals surface area contributed by atoms with Gasteiger partial charge in [-0.05, 0) is 19.8 Å². The Morgan fingerprint density at radius 2 is 2.29 bits per heavy atom. The van der Waals surface area contributed by atoms with E-state index in [4.69, 9.17) is 5.11 Å². The predicted octanol–water partition coefficient (Wildman–Crippen LogP) is -0.939. The van der Waals surface area contributed by atoms with Gasteiger partial charge in [-0.1, -0.05) is 0 Å². The van der Waals surface area contributed by atoms with E-state index in [0.717, 1.165) is 0 Å². The van der Waals surface area contributed by atoms with Crippen LogP contribution in [0.4, 0.5) is 0 Å². The third kappa shape index (κ3) is 2.68. The van der Waals surface area contributed by atoms with Gasteiger partial charge in [-0.3, -0.25) is 4.79 Å². The summed E-state index contributed by atoms with van der Waals surface area (Å²) in [6.45, 7) is 1.63. The monoisotopic (exact) mass is 221 g/mol. The summed E-state index contributed by atoms with van der Waals surface area (Å²) >= 11 is 0. The highest BCUT2D eigenvalue weighted by Crippen LogP contribution is 2.19. The molecule has 1 fully saturated rings. The fourth-order valence-corrected chi connectivity index (χ4v) is 3.24. The standard InChI is InChI=1S/C8H15NO4S/c1-6(10)5-9-8(11)7-3-2-4-14(7,12)13/h6-7,10H,2-5H2,1H3,(H,9,11)/t6-,7?/m1/s1. The van der Waals surface area contributed by atoms with Gasteiger partial charge in [0.05, 0.1) is 11.9 Å². The van der Waals surface area contributed by atoms with Crippen molar-refractivity contribution in [2.75, 3.05) is 12.3 Å². The SMILES string of the molecule is C[C@@H](O)CNC(=O)C1CCCS1(=O)=O. The third-order valence-electron chi connectivity index (χ3n) is 2.19. The lowest BCUT2D eigenvalue weighted by Crippen LogP contribution is -2.40. The number of amides is 1. The third-order valence-corrected chi connectivity index (χ3v) is 4.37. The van der Waals surface area contributed by atoms with Crippen molar-refractivity contribution in [1.29, 1.82) is 0 Å². The molecule has 82 valence electrons. The lowest BCUT2D eigenvalue weighted by atomic mass is 10.2. The van der Waals surface area contributed by atoms with E-state index in [1.807, 2.05) is 0 Å². The molecule has 0 aromatic carbocycles. The molecule has 6 heteroatoms. The number of carbonyl (C=O) groups is 1. The summed E-state index contributed by atoms with van der Waals surface area (Å²) in [7, 11) is -3.23. The van der Waals surface area contributed by atoms with Crippen LogP contribution < -0.4 is 5.32 Å². The maximum atomic E-state index is 11.4. The normalized spacial score (nSPS) is 27.1. The molecule has 2 N–H and O–H groups in total. The van der Waals surface area contributed by atoms with E-state index in [0.29, 0.717) is 12.8 Å². The van der Waals surface area contributed by atoms with Gasteiger partial charge >= 0.3 is 0 Å². The molecular weight excluding hydrogens is 206 g/mol. The van der Waals surface area contributed by atoms with Gasteiger partial charge in [-0.2, -0.15) is 0 Å². The molecule has 1 rings (SSSR count). The van der Waals surface area contributed by atoms with Crippen LogP contribution in [-0.4, -0.2) is 43.1 Å². The Bertz CT molecular complexity index is 309. The van der Waals surface area contributed by atoms with Crippen molar-refractivity contribution in [3.8, 4) is 0 Å². The maximum Gasteiger partial charge on any atom is 0.238 e. The van der Waals surface area contributed by atoms with Crippen LogP contribution in [0.5, 0.6) is 0 Å². The van der Waals surface area contributed by atoms with Crippen LogP contribution in [0, 0.1) is 0 Å². The van der Waals surface area contributed by atoms with E-state index in [1.54, 1.807) is 0 Å². The zero-order valence-corrected chi connectivity index (χ0v) is 8.88. The number of carbonyl (C=O) groups excluding carboxylic acids is 1. The Morgan fingerprint density at radius 1 is 1.64 bits per heavy atom. The van der Waals surface area contributed by atoms with E-state index in [9.17, 15) is 13.2 Å². The summed E-state index contributed by atoms with van der Waals surface area (Å²) in [6.07, 6.45) is 0.298. The first-order valence-corrected chi connectivity index (χ1v) is 6.32. The van der Waals surface area contributed by atoms with E-state index >= 15 is 0 Å². The second-order valence-electron chi connectivity index (χ2n) is 3.59. The van der Waals surface area contributed by atoms with Crippen molar-refractivity contribution in [2.24, 2.45) is 0 Å². The van der Waals surface area contributed by atoms with Gasteiger partial charge in [0.2, 0.25) is 5.91 Å². The first-order valence-electron chi connectivity index (χ1n) is 4.61. The summed E-state index contributed by atoms with van der Waals surface area (Å²) in [6, 6.07) is 0. The van der Waals surface area contributed by atoms with Gasteiger partial charge in [0, 0.05) is 6.54 Å². The van der Waals surface area contributed by atoms with Gasteiger partial charge in [-0.25, -0.2) is 8.42 Å². The molecule has 1 unspecified atom stereocenters. The van der Waals surface area contributed by atoms with Crippen LogP contribution in [0.3, 0.4) is 0 Å². The van der Waals surface area contributed by atoms with E-state index in [2.05, 4.69) is 5.32 Å². The molecule has 2 atom stereocenters. The summed E-state index contributed by atoms with van der Waals surface area (Å²) < 4.78 is 22.6. The van der Waals surface area contributed by atoms with E-state index in [1.165, 1.54) is 6.92 Å². The van der Waals surface area contributed by atoms with Crippen molar-refractivity contribution in [3.05, 3.63) is 0 Å². The minimum Gasteiger partial charge on any atom is -0.392 e. The number of sulfone groups is 1. The minimum atomic E-state index is -3.23. The molecule has 0 spiro atoms. The summed E-state index contributed by atoms with van der Waals surface area (Å²) in [5.41, 5.74) is 0. The second-order valence-corrected chi connectivity index (χ2v) is 5.90. The molecule has 5 nitrogen and oxygen atoms in total. The molecule has 0 aliphatic carbocycles. The van der Waals surface area contributed by atoms with E-state index in [-0.39, 0.29) is 12.3 Å². The van der Waals surface area contributed by atoms with Crippen LogP contribution in [0.15, 0.2) is 0 Å². The van der Waals surface area contributed by atoms with Crippen LogP contribution >= 0.6 is 0 Å². The van der Waals surface area contributed by atoms with Gasteiger partial charge in [0.25, 0.3) is 0 Å². The highest BCUT2D eigenvalue weighted by molar-refractivity contribution is 7.93. The molecule has 1 saturated heterocycles. The van der Waals surface area contributed by atoms with Crippen molar-refractivity contribution in [2.45, 2.75) is 31.1 Å². The van der Waals surface area contributed by atoms with E-state index < -0.39 is 27.1 Å². The molecule has 0 saturated carbocycles. The Balaban J connectivity index is 2.53. The molecule has 14 heavy (non-hydrogen) atoms. The molecule has 0 aromatic rings. The topological polar surface area (TPSA) is 83.5 Å². The number of nitrogens with one attached hydrogen (secondary N) is 1. The zero-order valence-electron chi connectivity index (χ0n) is 8.06. The molecule has 0 aromatic heterocycles.